The molecule has 21 heavy (non-hydrogen) atoms. The van der Waals surface area contributed by atoms with Crippen LogP contribution in [0.1, 0.15) is 19.4 Å². The second-order valence-corrected chi connectivity index (χ2v) is 5.84. The highest BCUT2D eigenvalue weighted by atomic mass is 19.1. The lowest BCUT2D eigenvalue weighted by Gasteiger charge is -2.18. The Morgan fingerprint density at radius 2 is 1.81 bits per heavy atom. The first-order valence-corrected chi connectivity index (χ1v) is 6.88. The zero-order chi connectivity index (χ0) is 15.3. The summed E-state index contributed by atoms with van der Waals surface area (Å²) < 4.78 is 24.9. The average molecular weight is 287 g/mol. The fourth-order valence-corrected chi connectivity index (χ4v) is 1.78. The lowest BCUT2D eigenvalue weighted by molar-refractivity contribution is 0.0705. The maximum absolute atomic E-state index is 13.8. The van der Waals surface area contributed by atoms with Crippen LogP contribution in [0.3, 0.4) is 0 Å². The maximum Gasteiger partial charge on any atom is 0.165 e. The Labute approximate surface area is 125 Å². The molecule has 111 valence electrons. The molecule has 0 N–H and O–H groups in total. The van der Waals surface area contributed by atoms with E-state index in [1.54, 1.807) is 24.3 Å². The van der Waals surface area contributed by atoms with E-state index in [0.29, 0.717) is 19.0 Å². The highest BCUT2D eigenvalue weighted by Gasteiger charge is 2.11. The van der Waals surface area contributed by atoms with Crippen LogP contribution in [0.2, 0.25) is 0 Å². The third-order valence-corrected chi connectivity index (χ3v) is 2.73. The van der Waals surface area contributed by atoms with Gasteiger partial charge in [-0.2, -0.15) is 0 Å². The van der Waals surface area contributed by atoms with Gasteiger partial charge in [0.15, 0.2) is 11.6 Å². The Balaban J connectivity index is 2.03. The SMILES string of the molecule is [CH2]C(C)(C)COCc1ccc(F)c(Oc2ccccc2)c1. The van der Waals surface area contributed by atoms with Crippen LogP contribution in [-0.4, -0.2) is 6.61 Å². The van der Waals surface area contributed by atoms with Gasteiger partial charge in [-0.05, 0) is 42.2 Å². The second-order valence-electron chi connectivity index (χ2n) is 5.84. The van der Waals surface area contributed by atoms with Crippen molar-refractivity contribution < 1.29 is 13.9 Å². The third kappa shape index (κ3) is 5.20. The van der Waals surface area contributed by atoms with Gasteiger partial charge in [0.1, 0.15) is 5.75 Å². The summed E-state index contributed by atoms with van der Waals surface area (Å²) in [6.07, 6.45) is 0. The summed E-state index contributed by atoms with van der Waals surface area (Å²) in [5.74, 6) is 0.421. The van der Waals surface area contributed by atoms with Crippen molar-refractivity contribution in [2.45, 2.75) is 20.5 Å². The monoisotopic (exact) mass is 287 g/mol. The van der Waals surface area contributed by atoms with Crippen LogP contribution in [0.15, 0.2) is 48.5 Å². The van der Waals surface area contributed by atoms with Crippen LogP contribution in [0, 0.1) is 18.2 Å². The summed E-state index contributed by atoms with van der Waals surface area (Å²) in [5, 5.41) is 0. The van der Waals surface area contributed by atoms with E-state index >= 15 is 0 Å². The summed E-state index contributed by atoms with van der Waals surface area (Å²) in [7, 11) is 0. The quantitative estimate of drug-likeness (QED) is 0.744. The Kier molecular flexibility index (Phi) is 4.97. The minimum absolute atomic E-state index is 0.136. The zero-order valence-electron chi connectivity index (χ0n) is 12.4. The molecule has 2 aromatic carbocycles. The van der Waals surface area contributed by atoms with Crippen molar-refractivity contribution >= 4 is 0 Å². The van der Waals surface area contributed by atoms with Crippen molar-refractivity contribution in [3.05, 3.63) is 66.8 Å². The van der Waals surface area contributed by atoms with Crippen molar-refractivity contribution in [1.29, 1.82) is 0 Å². The van der Waals surface area contributed by atoms with E-state index in [0.717, 1.165) is 5.56 Å². The standard InChI is InChI=1S/C18H20FO2/c1-18(2,3)13-20-12-14-9-10-16(19)17(11-14)21-15-7-5-4-6-8-15/h4-11H,1,12-13H2,2-3H3. The first kappa shape index (κ1) is 15.5. The number of hydrogen-bond acceptors (Lipinski definition) is 2. The molecule has 0 unspecified atom stereocenters. The number of hydrogen-bond donors (Lipinski definition) is 0. The molecule has 0 amide bonds. The normalized spacial score (nSPS) is 11.4. The van der Waals surface area contributed by atoms with Crippen molar-refractivity contribution in [3.63, 3.8) is 0 Å². The summed E-state index contributed by atoms with van der Waals surface area (Å²) in [4.78, 5) is 0. The molecule has 0 saturated carbocycles. The smallest absolute Gasteiger partial charge is 0.165 e. The van der Waals surface area contributed by atoms with Gasteiger partial charge >= 0.3 is 0 Å². The van der Waals surface area contributed by atoms with Crippen LogP contribution < -0.4 is 4.74 Å². The molecule has 2 nitrogen and oxygen atoms in total. The van der Waals surface area contributed by atoms with E-state index in [1.165, 1.54) is 6.07 Å². The minimum atomic E-state index is -0.389. The first-order chi connectivity index (χ1) is 9.94. The summed E-state index contributed by atoms with van der Waals surface area (Å²) in [5.41, 5.74) is 0.732. The molecule has 1 radical (unpaired) electrons. The molecule has 0 aromatic heterocycles. The Bertz CT molecular complexity index is 574. The predicted molar refractivity (Wildman–Crippen MR) is 81.7 cm³/mol. The fraction of sp³-hybridized carbons (Fsp3) is 0.278. The molecule has 0 bridgehead atoms. The molecule has 0 heterocycles. The van der Waals surface area contributed by atoms with Crippen molar-refractivity contribution in [3.8, 4) is 11.5 Å². The van der Waals surface area contributed by atoms with Gasteiger partial charge in [-0.15, -0.1) is 0 Å². The molecule has 0 aliphatic heterocycles. The highest BCUT2D eigenvalue weighted by molar-refractivity contribution is 5.35. The summed E-state index contributed by atoms with van der Waals surface area (Å²) in [6, 6.07) is 13.9. The Morgan fingerprint density at radius 1 is 1.10 bits per heavy atom. The van der Waals surface area contributed by atoms with Gasteiger partial charge in [-0.1, -0.05) is 38.1 Å². The number of ether oxygens (including phenoxy) is 2. The molecule has 0 atom stereocenters. The fourth-order valence-electron chi connectivity index (χ4n) is 1.78. The highest BCUT2D eigenvalue weighted by Crippen LogP contribution is 2.26. The van der Waals surface area contributed by atoms with Crippen molar-refractivity contribution in [2.75, 3.05) is 6.61 Å². The van der Waals surface area contributed by atoms with Crippen LogP contribution in [0.5, 0.6) is 11.5 Å². The zero-order valence-corrected chi connectivity index (χ0v) is 12.4. The third-order valence-electron chi connectivity index (χ3n) is 2.73. The van der Waals surface area contributed by atoms with E-state index in [2.05, 4.69) is 6.92 Å². The Morgan fingerprint density at radius 3 is 2.48 bits per heavy atom. The van der Waals surface area contributed by atoms with Gasteiger partial charge in [-0.25, -0.2) is 4.39 Å². The molecule has 0 aliphatic carbocycles. The molecular formula is C18H20FO2. The van der Waals surface area contributed by atoms with E-state index < -0.39 is 0 Å². The molecule has 0 fully saturated rings. The molecule has 0 saturated heterocycles. The minimum Gasteiger partial charge on any atom is -0.454 e. The Hall–Kier alpha value is -1.87. The number of para-hydroxylation sites is 1. The second kappa shape index (κ2) is 6.72. The van der Waals surface area contributed by atoms with Gasteiger partial charge in [-0.3, -0.25) is 0 Å². The van der Waals surface area contributed by atoms with Crippen LogP contribution in [0.25, 0.3) is 0 Å². The van der Waals surface area contributed by atoms with E-state index in [9.17, 15) is 4.39 Å². The van der Waals surface area contributed by atoms with Gasteiger partial charge in [0.05, 0.1) is 13.2 Å². The molecular weight excluding hydrogens is 267 g/mol. The molecule has 0 aliphatic rings. The molecule has 2 aromatic rings. The van der Waals surface area contributed by atoms with Gasteiger partial charge < -0.3 is 9.47 Å². The van der Waals surface area contributed by atoms with Gasteiger partial charge in [0, 0.05) is 0 Å². The molecule has 0 spiro atoms. The van der Waals surface area contributed by atoms with Crippen LogP contribution in [0.4, 0.5) is 4.39 Å². The number of rotatable bonds is 6. The topological polar surface area (TPSA) is 18.5 Å². The molecule has 2 rings (SSSR count). The number of benzene rings is 2. The lowest BCUT2D eigenvalue weighted by atomic mass is 9.99. The predicted octanol–water partition coefficient (Wildman–Crippen LogP) is 4.99. The first-order valence-electron chi connectivity index (χ1n) is 6.88. The maximum atomic E-state index is 13.8. The summed E-state index contributed by atoms with van der Waals surface area (Å²) >= 11 is 0. The van der Waals surface area contributed by atoms with Crippen LogP contribution in [-0.2, 0) is 11.3 Å². The van der Waals surface area contributed by atoms with Gasteiger partial charge in [0.25, 0.3) is 0 Å². The summed E-state index contributed by atoms with van der Waals surface area (Å²) in [6.45, 7) is 8.93. The number of halogens is 1. The van der Waals surface area contributed by atoms with Gasteiger partial charge in [0.2, 0.25) is 0 Å². The van der Waals surface area contributed by atoms with E-state index in [1.807, 2.05) is 32.0 Å². The van der Waals surface area contributed by atoms with E-state index in [-0.39, 0.29) is 17.0 Å². The van der Waals surface area contributed by atoms with Crippen molar-refractivity contribution in [1.82, 2.24) is 0 Å². The van der Waals surface area contributed by atoms with E-state index in [4.69, 9.17) is 9.47 Å². The largest absolute Gasteiger partial charge is 0.454 e. The molecule has 3 heteroatoms. The van der Waals surface area contributed by atoms with Crippen LogP contribution >= 0.6 is 0 Å². The lowest BCUT2D eigenvalue weighted by Crippen LogP contribution is -2.14. The van der Waals surface area contributed by atoms with Crippen molar-refractivity contribution in [2.24, 2.45) is 5.41 Å². The average Bonchev–Trinajstić information content (AvgIpc) is 2.42.